The van der Waals surface area contributed by atoms with Gasteiger partial charge in [0.25, 0.3) is 0 Å². The average molecular weight is 202 g/mol. The number of benzene rings is 1. The van der Waals surface area contributed by atoms with Crippen LogP contribution in [0.5, 0.6) is 0 Å². The molecule has 1 aromatic rings. The molecule has 0 spiro atoms. The first-order chi connectivity index (χ1) is 7.22. The van der Waals surface area contributed by atoms with Gasteiger partial charge in [0.1, 0.15) is 6.29 Å². The minimum Gasteiger partial charge on any atom is -0.303 e. The van der Waals surface area contributed by atoms with Gasteiger partial charge < -0.3 is 4.79 Å². The lowest BCUT2D eigenvalue weighted by atomic mass is 10.0. The highest BCUT2D eigenvalue weighted by Crippen LogP contribution is 2.10. The Bertz CT molecular complexity index is 320. The normalized spacial score (nSPS) is 11.1. The summed E-state index contributed by atoms with van der Waals surface area (Å²) >= 11 is 0. The van der Waals surface area contributed by atoms with E-state index >= 15 is 0 Å². The molecule has 0 saturated heterocycles. The number of carbonyl (C=O) groups excluding carboxylic acids is 1. The minimum absolute atomic E-state index is 0.494. The first-order valence-electron chi connectivity index (χ1n) is 5.41. The van der Waals surface area contributed by atoms with Crippen LogP contribution in [-0.2, 0) is 11.2 Å². The Labute approximate surface area is 91.8 Å². The second-order valence-corrected chi connectivity index (χ2v) is 4.14. The van der Waals surface area contributed by atoms with Crippen LogP contribution in [0.4, 0.5) is 0 Å². The average Bonchev–Trinajstić information content (AvgIpc) is 2.20. The van der Waals surface area contributed by atoms with E-state index in [9.17, 15) is 4.79 Å². The maximum Gasteiger partial charge on any atom is 0.123 e. The van der Waals surface area contributed by atoms with Crippen molar-refractivity contribution in [2.24, 2.45) is 5.92 Å². The summed E-state index contributed by atoms with van der Waals surface area (Å²) in [6.07, 6.45) is 6.38. The summed E-state index contributed by atoms with van der Waals surface area (Å²) in [4.78, 5) is 10.1. The van der Waals surface area contributed by atoms with E-state index < -0.39 is 0 Å². The molecule has 1 aromatic carbocycles. The SMILES string of the molecule is CC(C)Cc1ccc(C=CCC=O)cc1. The van der Waals surface area contributed by atoms with Crippen molar-refractivity contribution in [2.75, 3.05) is 0 Å². The number of allylic oxidation sites excluding steroid dienone is 1. The lowest BCUT2D eigenvalue weighted by Crippen LogP contribution is -1.93. The topological polar surface area (TPSA) is 17.1 Å². The van der Waals surface area contributed by atoms with Gasteiger partial charge in [0.15, 0.2) is 0 Å². The largest absolute Gasteiger partial charge is 0.303 e. The van der Waals surface area contributed by atoms with Gasteiger partial charge in [-0.05, 0) is 23.5 Å². The fourth-order valence-electron chi connectivity index (χ4n) is 1.50. The van der Waals surface area contributed by atoms with Gasteiger partial charge in [0.05, 0.1) is 0 Å². The lowest BCUT2D eigenvalue weighted by Gasteiger charge is -2.04. The summed E-state index contributed by atoms with van der Waals surface area (Å²) in [5.41, 5.74) is 2.53. The monoisotopic (exact) mass is 202 g/mol. The van der Waals surface area contributed by atoms with E-state index in [2.05, 4.69) is 38.1 Å². The molecule has 0 amide bonds. The zero-order valence-electron chi connectivity index (χ0n) is 9.44. The Hall–Kier alpha value is -1.37. The predicted molar refractivity (Wildman–Crippen MR) is 64.7 cm³/mol. The summed E-state index contributed by atoms with van der Waals surface area (Å²) < 4.78 is 0. The Kier molecular flexibility index (Phi) is 4.82. The Morgan fingerprint density at radius 2 is 1.87 bits per heavy atom. The van der Waals surface area contributed by atoms with E-state index in [4.69, 9.17) is 0 Å². The standard InChI is InChI=1S/C14H18O/c1-12(2)11-14-8-6-13(7-9-14)5-3-4-10-15/h3,5-10,12H,4,11H2,1-2H3. The van der Waals surface area contributed by atoms with E-state index in [1.807, 2.05) is 12.2 Å². The van der Waals surface area contributed by atoms with E-state index in [0.717, 1.165) is 18.3 Å². The second kappa shape index (κ2) is 6.18. The van der Waals surface area contributed by atoms with Crippen LogP contribution in [0.3, 0.4) is 0 Å². The number of rotatable bonds is 5. The number of hydrogen-bond donors (Lipinski definition) is 0. The molecule has 0 unspecified atom stereocenters. The molecule has 0 aliphatic heterocycles. The zero-order chi connectivity index (χ0) is 11.1. The molecule has 0 fully saturated rings. The number of aldehydes is 1. The van der Waals surface area contributed by atoms with Crippen LogP contribution in [0.1, 0.15) is 31.4 Å². The van der Waals surface area contributed by atoms with Crippen molar-refractivity contribution < 1.29 is 4.79 Å². The molecule has 0 aliphatic rings. The van der Waals surface area contributed by atoms with Gasteiger partial charge in [0.2, 0.25) is 0 Å². The number of carbonyl (C=O) groups is 1. The number of hydrogen-bond acceptors (Lipinski definition) is 1. The fourth-order valence-corrected chi connectivity index (χ4v) is 1.50. The smallest absolute Gasteiger partial charge is 0.123 e. The van der Waals surface area contributed by atoms with Gasteiger partial charge in [-0.2, -0.15) is 0 Å². The molecule has 0 radical (unpaired) electrons. The summed E-state index contributed by atoms with van der Waals surface area (Å²) in [7, 11) is 0. The van der Waals surface area contributed by atoms with Crippen molar-refractivity contribution in [3.63, 3.8) is 0 Å². The van der Waals surface area contributed by atoms with E-state index in [1.54, 1.807) is 0 Å². The highest BCUT2D eigenvalue weighted by molar-refractivity contribution is 5.57. The Morgan fingerprint density at radius 3 is 2.40 bits per heavy atom. The molecule has 80 valence electrons. The van der Waals surface area contributed by atoms with Crippen LogP contribution in [-0.4, -0.2) is 6.29 Å². The van der Waals surface area contributed by atoms with E-state index in [-0.39, 0.29) is 0 Å². The molecular formula is C14H18O. The Balaban J connectivity index is 2.59. The molecule has 1 heteroatoms. The quantitative estimate of drug-likeness (QED) is 0.668. The summed E-state index contributed by atoms with van der Waals surface area (Å²) in [6, 6.07) is 8.50. The van der Waals surface area contributed by atoms with Crippen molar-refractivity contribution in [1.29, 1.82) is 0 Å². The highest BCUT2D eigenvalue weighted by Gasteiger charge is 1.96. The third kappa shape index (κ3) is 4.59. The zero-order valence-corrected chi connectivity index (χ0v) is 9.44. The molecule has 0 bridgehead atoms. The van der Waals surface area contributed by atoms with E-state index in [1.165, 1.54) is 5.56 Å². The van der Waals surface area contributed by atoms with Crippen molar-refractivity contribution >= 4 is 12.4 Å². The van der Waals surface area contributed by atoms with Crippen molar-refractivity contribution in [3.05, 3.63) is 41.5 Å². The molecule has 0 saturated carbocycles. The van der Waals surface area contributed by atoms with Crippen LogP contribution in [0, 0.1) is 5.92 Å². The van der Waals surface area contributed by atoms with Crippen LogP contribution >= 0.6 is 0 Å². The first-order valence-corrected chi connectivity index (χ1v) is 5.41. The van der Waals surface area contributed by atoms with Gasteiger partial charge in [-0.1, -0.05) is 50.3 Å². The van der Waals surface area contributed by atoms with Crippen LogP contribution in [0.25, 0.3) is 6.08 Å². The second-order valence-electron chi connectivity index (χ2n) is 4.14. The van der Waals surface area contributed by atoms with Crippen LogP contribution in [0.2, 0.25) is 0 Å². The van der Waals surface area contributed by atoms with E-state index in [0.29, 0.717) is 12.3 Å². The first kappa shape index (κ1) is 11.7. The van der Waals surface area contributed by atoms with Crippen molar-refractivity contribution in [3.8, 4) is 0 Å². The predicted octanol–water partition coefficient (Wildman–Crippen LogP) is 3.49. The molecule has 1 rings (SSSR count). The maximum atomic E-state index is 10.1. The molecule has 0 atom stereocenters. The molecular weight excluding hydrogens is 184 g/mol. The van der Waals surface area contributed by atoms with Crippen molar-refractivity contribution in [1.82, 2.24) is 0 Å². The molecule has 1 nitrogen and oxygen atoms in total. The van der Waals surface area contributed by atoms with Gasteiger partial charge in [-0.3, -0.25) is 0 Å². The summed E-state index contributed by atoms with van der Waals surface area (Å²) in [6.45, 7) is 4.44. The molecule has 0 aromatic heterocycles. The highest BCUT2D eigenvalue weighted by atomic mass is 16.1. The fraction of sp³-hybridized carbons (Fsp3) is 0.357. The molecule has 15 heavy (non-hydrogen) atoms. The lowest BCUT2D eigenvalue weighted by molar-refractivity contribution is -0.107. The third-order valence-corrected chi connectivity index (χ3v) is 2.17. The molecule has 0 N–H and O–H groups in total. The Morgan fingerprint density at radius 1 is 1.20 bits per heavy atom. The maximum absolute atomic E-state index is 10.1. The summed E-state index contributed by atoms with van der Waals surface area (Å²) in [5.74, 6) is 0.696. The third-order valence-electron chi connectivity index (χ3n) is 2.17. The van der Waals surface area contributed by atoms with Crippen molar-refractivity contribution in [2.45, 2.75) is 26.7 Å². The van der Waals surface area contributed by atoms with Gasteiger partial charge in [0, 0.05) is 6.42 Å². The molecule has 0 aliphatic carbocycles. The van der Waals surface area contributed by atoms with Crippen LogP contribution < -0.4 is 0 Å². The molecule has 0 heterocycles. The van der Waals surface area contributed by atoms with Crippen LogP contribution in [0.15, 0.2) is 30.3 Å². The van der Waals surface area contributed by atoms with Gasteiger partial charge in [-0.15, -0.1) is 0 Å². The van der Waals surface area contributed by atoms with Gasteiger partial charge >= 0.3 is 0 Å². The van der Waals surface area contributed by atoms with Gasteiger partial charge in [-0.25, -0.2) is 0 Å². The minimum atomic E-state index is 0.494. The summed E-state index contributed by atoms with van der Waals surface area (Å²) in [5, 5.41) is 0.